The highest BCUT2D eigenvalue weighted by Crippen LogP contribution is 2.14. The van der Waals surface area contributed by atoms with Gasteiger partial charge in [-0.05, 0) is 18.4 Å². The van der Waals surface area contributed by atoms with Crippen LogP contribution in [0.25, 0.3) is 0 Å². The maximum absolute atomic E-state index is 5.37. The molecule has 1 aliphatic rings. The molecule has 0 unspecified atom stereocenters. The maximum Gasteiger partial charge on any atom is 0.101 e. The minimum absolute atomic E-state index is 0.945. The van der Waals surface area contributed by atoms with Crippen molar-refractivity contribution in [3.8, 4) is 0 Å². The van der Waals surface area contributed by atoms with E-state index in [1.54, 1.807) is 16.7 Å². The van der Waals surface area contributed by atoms with Crippen LogP contribution in [-0.2, 0) is 11.3 Å². The first kappa shape index (κ1) is 14.9. The third-order valence-corrected chi connectivity index (χ3v) is 4.42. The quantitative estimate of drug-likeness (QED) is 0.535. The summed E-state index contributed by atoms with van der Waals surface area (Å²) in [7, 11) is 0. The molecule has 1 fully saturated rings. The van der Waals surface area contributed by atoms with E-state index in [0.717, 1.165) is 19.8 Å². The van der Waals surface area contributed by atoms with Crippen molar-refractivity contribution in [2.75, 3.05) is 45.6 Å². The lowest BCUT2D eigenvalue weighted by Gasteiger charge is -2.23. The van der Waals surface area contributed by atoms with Crippen molar-refractivity contribution in [1.29, 1.82) is 0 Å². The monoisotopic (exact) mass is 282 g/mol. The van der Waals surface area contributed by atoms with Crippen LogP contribution < -0.4 is 10.2 Å². The van der Waals surface area contributed by atoms with E-state index in [4.69, 9.17) is 4.74 Å². The summed E-state index contributed by atoms with van der Waals surface area (Å²) in [6.45, 7) is 7.90. The molecule has 1 aromatic carbocycles. The maximum atomic E-state index is 5.37. The van der Waals surface area contributed by atoms with Crippen LogP contribution in [0.1, 0.15) is 12.0 Å². The van der Waals surface area contributed by atoms with E-state index in [2.05, 4.69) is 35.8 Å². The molecule has 1 heterocycles. The average Bonchev–Trinajstić information content (AvgIpc) is 2.49. The van der Waals surface area contributed by atoms with E-state index < -0.39 is 0 Å². The van der Waals surface area contributed by atoms with Crippen LogP contribution in [0.2, 0.25) is 0 Å². The van der Waals surface area contributed by atoms with Gasteiger partial charge in [0.15, 0.2) is 0 Å². The zero-order chi connectivity index (χ0) is 13.3. The number of thioether (sulfide) groups is 1. The lowest BCUT2D eigenvalue weighted by atomic mass is 10.2. The zero-order valence-electron chi connectivity index (χ0n) is 11.9. The zero-order valence-corrected chi connectivity index (χ0v) is 12.7. The van der Waals surface area contributed by atoms with Crippen LogP contribution in [0.3, 0.4) is 0 Å². The number of rotatable bonds is 7. The number of benzene rings is 1. The van der Waals surface area contributed by atoms with Gasteiger partial charge >= 0.3 is 0 Å². The standard InChI is InChI=1S/C15H24N2OS/c1-19-15-5-3-14(4-6-15)13-16-7-2-8-17-9-11-18-12-10-17/h3-6,16H,2,7-13H2,1H3/p+2. The fourth-order valence-corrected chi connectivity index (χ4v) is 2.85. The number of quaternary nitrogens is 2. The van der Waals surface area contributed by atoms with E-state index >= 15 is 0 Å². The number of hydrogen-bond donors (Lipinski definition) is 2. The van der Waals surface area contributed by atoms with Gasteiger partial charge in [-0.25, -0.2) is 0 Å². The fraction of sp³-hybridized carbons (Fsp3) is 0.600. The summed E-state index contributed by atoms with van der Waals surface area (Å²) in [6, 6.07) is 8.92. The van der Waals surface area contributed by atoms with Gasteiger partial charge in [-0.2, -0.15) is 0 Å². The molecule has 0 spiro atoms. The van der Waals surface area contributed by atoms with Gasteiger partial charge in [0, 0.05) is 16.9 Å². The van der Waals surface area contributed by atoms with Gasteiger partial charge in [-0.3, -0.25) is 0 Å². The molecule has 1 saturated heterocycles. The molecule has 0 saturated carbocycles. The summed E-state index contributed by atoms with van der Waals surface area (Å²) in [5.74, 6) is 0. The van der Waals surface area contributed by atoms with Gasteiger partial charge in [0.25, 0.3) is 0 Å². The lowest BCUT2D eigenvalue weighted by molar-refractivity contribution is -0.909. The van der Waals surface area contributed by atoms with Crippen LogP contribution >= 0.6 is 11.8 Å². The Morgan fingerprint density at radius 1 is 1.21 bits per heavy atom. The first-order valence-electron chi connectivity index (χ1n) is 7.24. The van der Waals surface area contributed by atoms with Crippen molar-refractivity contribution >= 4 is 11.8 Å². The van der Waals surface area contributed by atoms with Crippen molar-refractivity contribution in [3.63, 3.8) is 0 Å². The summed E-state index contributed by atoms with van der Waals surface area (Å²) >= 11 is 1.80. The predicted molar refractivity (Wildman–Crippen MR) is 79.7 cm³/mol. The van der Waals surface area contributed by atoms with Gasteiger partial charge < -0.3 is 15.0 Å². The van der Waals surface area contributed by atoms with Gasteiger partial charge in [-0.15, -0.1) is 11.8 Å². The van der Waals surface area contributed by atoms with E-state index in [9.17, 15) is 0 Å². The van der Waals surface area contributed by atoms with Gasteiger partial charge in [0.2, 0.25) is 0 Å². The Balaban J connectivity index is 1.55. The van der Waals surface area contributed by atoms with Crippen molar-refractivity contribution in [1.82, 2.24) is 0 Å². The summed E-state index contributed by atoms with van der Waals surface area (Å²) < 4.78 is 5.37. The highest BCUT2D eigenvalue weighted by Gasteiger charge is 2.12. The number of nitrogens with one attached hydrogen (secondary N) is 1. The Bertz CT molecular complexity index is 350. The largest absolute Gasteiger partial charge is 0.370 e. The molecular weight excluding hydrogens is 256 g/mol. The second-order valence-corrected chi connectivity index (χ2v) is 5.98. The lowest BCUT2D eigenvalue weighted by Crippen LogP contribution is -3.14. The minimum Gasteiger partial charge on any atom is -0.370 e. The molecule has 106 valence electrons. The molecule has 0 aliphatic carbocycles. The SMILES string of the molecule is CSc1ccc(C[NH2+]CCC[NH+]2CCOCC2)cc1. The third-order valence-electron chi connectivity index (χ3n) is 3.68. The highest BCUT2D eigenvalue weighted by molar-refractivity contribution is 7.98. The molecule has 0 atom stereocenters. The second-order valence-electron chi connectivity index (χ2n) is 5.10. The Hall–Kier alpha value is -0.550. The minimum atomic E-state index is 0.945. The van der Waals surface area contributed by atoms with Crippen LogP contribution in [0, 0.1) is 0 Å². The molecule has 2 rings (SSSR count). The molecule has 4 heteroatoms. The van der Waals surface area contributed by atoms with Crippen LogP contribution in [0.15, 0.2) is 29.2 Å². The smallest absolute Gasteiger partial charge is 0.101 e. The molecular formula is C15H26N2OS+2. The fourth-order valence-electron chi connectivity index (χ4n) is 2.44. The molecule has 1 aromatic rings. The molecule has 0 aromatic heterocycles. The van der Waals surface area contributed by atoms with E-state index in [-0.39, 0.29) is 0 Å². The second kappa shape index (κ2) is 8.59. The Labute approximate surface area is 120 Å². The van der Waals surface area contributed by atoms with Gasteiger partial charge in [0.05, 0.1) is 26.3 Å². The van der Waals surface area contributed by atoms with Crippen molar-refractivity contribution in [3.05, 3.63) is 29.8 Å². The molecule has 0 radical (unpaired) electrons. The van der Waals surface area contributed by atoms with Gasteiger partial charge in [0.1, 0.15) is 19.6 Å². The number of ether oxygens (including phenoxy) is 1. The van der Waals surface area contributed by atoms with Crippen LogP contribution in [0.5, 0.6) is 0 Å². The highest BCUT2D eigenvalue weighted by atomic mass is 32.2. The molecule has 19 heavy (non-hydrogen) atoms. The predicted octanol–water partition coefficient (Wildman–Crippen LogP) is -0.223. The number of hydrogen-bond acceptors (Lipinski definition) is 2. The summed E-state index contributed by atoms with van der Waals surface area (Å²) in [6.07, 6.45) is 3.42. The topological polar surface area (TPSA) is 30.3 Å². The first-order chi connectivity index (χ1) is 9.38. The van der Waals surface area contributed by atoms with Gasteiger partial charge in [-0.1, -0.05) is 12.1 Å². The number of nitrogens with two attached hydrogens (primary N) is 1. The van der Waals surface area contributed by atoms with Crippen LogP contribution in [-0.4, -0.2) is 45.6 Å². The van der Waals surface area contributed by atoms with E-state index in [1.807, 2.05) is 0 Å². The van der Waals surface area contributed by atoms with E-state index in [1.165, 1.54) is 43.1 Å². The average molecular weight is 282 g/mol. The molecule has 0 bridgehead atoms. The summed E-state index contributed by atoms with van der Waals surface area (Å²) in [4.78, 5) is 3.06. The Kier molecular flexibility index (Phi) is 6.71. The molecule has 3 N–H and O–H groups in total. The molecule has 0 amide bonds. The van der Waals surface area contributed by atoms with Crippen molar-refractivity contribution < 1.29 is 15.0 Å². The first-order valence-corrected chi connectivity index (χ1v) is 8.47. The number of morpholine rings is 1. The van der Waals surface area contributed by atoms with Crippen molar-refractivity contribution in [2.24, 2.45) is 0 Å². The third kappa shape index (κ3) is 5.53. The summed E-state index contributed by atoms with van der Waals surface area (Å²) in [5, 5.41) is 2.42. The normalized spacial score (nSPS) is 16.7. The van der Waals surface area contributed by atoms with E-state index in [0.29, 0.717) is 0 Å². The summed E-state index contributed by atoms with van der Waals surface area (Å²) in [5.41, 5.74) is 1.43. The Morgan fingerprint density at radius 3 is 2.63 bits per heavy atom. The van der Waals surface area contributed by atoms with Crippen LogP contribution in [0.4, 0.5) is 0 Å². The molecule has 3 nitrogen and oxygen atoms in total. The van der Waals surface area contributed by atoms with Crippen molar-refractivity contribution in [2.45, 2.75) is 17.9 Å². The Morgan fingerprint density at radius 2 is 1.95 bits per heavy atom. The molecule has 1 aliphatic heterocycles.